The summed E-state index contributed by atoms with van der Waals surface area (Å²) in [5.41, 5.74) is 5.40. The lowest BCUT2D eigenvalue weighted by atomic mass is 10.4. The molecule has 1 atom stereocenters. The number of hydrogen-bond acceptors (Lipinski definition) is 4. The van der Waals surface area contributed by atoms with Crippen molar-refractivity contribution in [1.82, 2.24) is 0 Å². The van der Waals surface area contributed by atoms with E-state index < -0.39 is 9.84 Å². The summed E-state index contributed by atoms with van der Waals surface area (Å²) >= 11 is 0. The Bertz CT molecular complexity index is 211. The van der Waals surface area contributed by atoms with Gasteiger partial charge in [0, 0.05) is 19.3 Å². The summed E-state index contributed by atoms with van der Waals surface area (Å²) in [7, 11) is -2.97. The molecule has 0 fully saturated rings. The van der Waals surface area contributed by atoms with Crippen LogP contribution in [0.1, 0.15) is 20.3 Å². The minimum Gasteiger partial charge on any atom is -0.382 e. The van der Waals surface area contributed by atoms with Crippen molar-refractivity contribution in [2.24, 2.45) is 5.73 Å². The molecule has 0 heterocycles. The molecule has 0 radical (unpaired) electrons. The van der Waals surface area contributed by atoms with Gasteiger partial charge in [0.2, 0.25) is 0 Å². The number of rotatable bonds is 7. The van der Waals surface area contributed by atoms with Gasteiger partial charge in [-0.25, -0.2) is 8.42 Å². The lowest BCUT2D eigenvalue weighted by Gasteiger charge is -2.06. The first-order valence-corrected chi connectivity index (χ1v) is 6.34. The van der Waals surface area contributed by atoms with Gasteiger partial charge >= 0.3 is 0 Å². The second kappa shape index (κ2) is 6.34. The zero-order chi connectivity index (χ0) is 10.3. The number of ether oxygens (including phenoxy) is 1. The minimum atomic E-state index is -2.97. The highest BCUT2D eigenvalue weighted by Gasteiger charge is 2.12. The van der Waals surface area contributed by atoms with Crippen LogP contribution in [0.25, 0.3) is 0 Å². The predicted octanol–water partition coefficient (Wildman–Crippen LogP) is 0.175. The standard InChI is InChI=1S/C8H19NO3S/c1-3-12-5-4-6-13(10,11)7-8(2)9/h8H,3-7,9H2,1-2H3. The van der Waals surface area contributed by atoms with E-state index in [2.05, 4.69) is 0 Å². The van der Waals surface area contributed by atoms with Crippen molar-refractivity contribution in [3.8, 4) is 0 Å². The van der Waals surface area contributed by atoms with Crippen LogP contribution in [0, 0.1) is 0 Å². The first-order chi connectivity index (χ1) is 5.98. The van der Waals surface area contributed by atoms with E-state index >= 15 is 0 Å². The van der Waals surface area contributed by atoms with Crippen molar-refractivity contribution >= 4 is 9.84 Å². The molecule has 0 aromatic rings. The van der Waals surface area contributed by atoms with Gasteiger partial charge in [-0.3, -0.25) is 0 Å². The largest absolute Gasteiger partial charge is 0.382 e. The molecule has 1 unspecified atom stereocenters. The van der Waals surface area contributed by atoms with Gasteiger partial charge in [0.1, 0.15) is 0 Å². The average molecular weight is 209 g/mol. The lowest BCUT2D eigenvalue weighted by molar-refractivity contribution is 0.148. The van der Waals surface area contributed by atoms with Gasteiger partial charge in [-0.2, -0.15) is 0 Å². The van der Waals surface area contributed by atoms with E-state index in [-0.39, 0.29) is 17.5 Å². The van der Waals surface area contributed by atoms with E-state index in [0.29, 0.717) is 19.6 Å². The second-order valence-corrected chi connectivity index (χ2v) is 5.37. The fourth-order valence-electron chi connectivity index (χ4n) is 1.01. The Labute approximate surface area is 80.4 Å². The minimum absolute atomic E-state index is 0.0686. The molecule has 0 aromatic carbocycles. The third-order valence-corrected chi connectivity index (χ3v) is 3.41. The summed E-state index contributed by atoms with van der Waals surface area (Å²) in [6, 6.07) is -0.280. The molecule has 0 saturated heterocycles. The van der Waals surface area contributed by atoms with Gasteiger partial charge in [-0.05, 0) is 20.3 Å². The van der Waals surface area contributed by atoms with Crippen LogP contribution in [0.4, 0.5) is 0 Å². The Morgan fingerprint density at radius 3 is 2.54 bits per heavy atom. The quantitative estimate of drug-likeness (QED) is 0.607. The van der Waals surface area contributed by atoms with Crippen LogP contribution < -0.4 is 5.73 Å². The normalized spacial score (nSPS) is 14.4. The highest BCUT2D eigenvalue weighted by molar-refractivity contribution is 7.91. The molecule has 0 aliphatic rings. The molecule has 0 aliphatic heterocycles. The fraction of sp³-hybridized carbons (Fsp3) is 1.00. The first-order valence-electron chi connectivity index (χ1n) is 4.51. The summed E-state index contributed by atoms with van der Waals surface area (Å²) in [5, 5.41) is 0. The molecule has 0 rings (SSSR count). The smallest absolute Gasteiger partial charge is 0.151 e. The van der Waals surface area contributed by atoms with E-state index in [1.807, 2.05) is 6.92 Å². The van der Waals surface area contributed by atoms with Crippen LogP contribution in [0.15, 0.2) is 0 Å². The molecule has 0 aliphatic carbocycles. The molecule has 80 valence electrons. The van der Waals surface area contributed by atoms with Crippen molar-refractivity contribution in [3.05, 3.63) is 0 Å². The van der Waals surface area contributed by atoms with E-state index in [1.165, 1.54) is 0 Å². The van der Waals surface area contributed by atoms with Crippen molar-refractivity contribution in [2.45, 2.75) is 26.3 Å². The Kier molecular flexibility index (Phi) is 6.28. The first kappa shape index (κ1) is 12.9. The summed E-state index contributed by atoms with van der Waals surface area (Å²) in [5.74, 6) is 0.244. The molecule has 5 heteroatoms. The Hall–Kier alpha value is -0.130. The van der Waals surface area contributed by atoms with Crippen LogP contribution >= 0.6 is 0 Å². The molecule has 13 heavy (non-hydrogen) atoms. The summed E-state index contributed by atoms with van der Waals surface area (Å²) in [6.07, 6.45) is 0.558. The maximum absolute atomic E-state index is 11.3. The van der Waals surface area contributed by atoms with Gasteiger partial charge in [0.05, 0.1) is 11.5 Å². The van der Waals surface area contributed by atoms with Crippen molar-refractivity contribution in [1.29, 1.82) is 0 Å². The van der Waals surface area contributed by atoms with Gasteiger partial charge in [-0.15, -0.1) is 0 Å². The number of nitrogens with two attached hydrogens (primary N) is 1. The maximum atomic E-state index is 11.3. The van der Waals surface area contributed by atoms with E-state index in [4.69, 9.17) is 10.5 Å². The summed E-state index contributed by atoms with van der Waals surface area (Å²) in [6.45, 7) is 4.72. The molecule has 0 amide bonds. The monoisotopic (exact) mass is 209 g/mol. The molecular weight excluding hydrogens is 190 g/mol. The van der Waals surface area contributed by atoms with E-state index in [1.54, 1.807) is 6.92 Å². The Morgan fingerprint density at radius 1 is 1.46 bits per heavy atom. The zero-order valence-corrected chi connectivity index (χ0v) is 9.14. The number of hydrogen-bond donors (Lipinski definition) is 1. The lowest BCUT2D eigenvalue weighted by Crippen LogP contribution is -2.28. The fourth-order valence-corrected chi connectivity index (χ4v) is 2.53. The SMILES string of the molecule is CCOCCCS(=O)(=O)CC(C)N. The highest BCUT2D eigenvalue weighted by atomic mass is 32.2. The third-order valence-electron chi connectivity index (χ3n) is 1.46. The van der Waals surface area contributed by atoms with Crippen LogP contribution in [0.2, 0.25) is 0 Å². The summed E-state index contributed by atoms with van der Waals surface area (Å²) in [4.78, 5) is 0. The predicted molar refractivity (Wildman–Crippen MR) is 53.4 cm³/mol. The van der Waals surface area contributed by atoms with Gasteiger partial charge < -0.3 is 10.5 Å². The molecule has 0 aromatic heterocycles. The van der Waals surface area contributed by atoms with Gasteiger partial charge in [0.15, 0.2) is 9.84 Å². The molecule has 4 nitrogen and oxygen atoms in total. The van der Waals surface area contributed by atoms with Crippen molar-refractivity contribution in [2.75, 3.05) is 24.7 Å². The third kappa shape index (κ3) is 8.21. The molecule has 2 N–H and O–H groups in total. The number of sulfone groups is 1. The molecular formula is C8H19NO3S. The maximum Gasteiger partial charge on any atom is 0.151 e. The average Bonchev–Trinajstić information content (AvgIpc) is 1.95. The van der Waals surface area contributed by atoms with Gasteiger partial charge in [0.25, 0.3) is 0 Å². The van der Waals surface area contributed by atoms with Crippen LogP contribution in [-0.2, 0) is 14.6 Å². The highest BCUT2D eigenvalue weighted by Crippen LogP contribution is 1.96. The Morgan fingerprint density at radius 2 is 2.08 bits per heavy atom. The van der Waals surface area contributed by atoms with Crippen LogP contribution in [0.3, 0.4) is 0 Å². The topological polar surface area (TPSA) is 69.4 Å². The molecule has 0 spiro atoms. The molecule has 0 bridgehead atoms. The van der Waals surface area contributed by atoms with E-state index in [9.17, 15) is 8.42 Å². The second-order valence-electron chi connectivity index (χ2n) is 3.14. The summed E-state index contributed by atoms with van der Waals surface area (Å²) < 4.78 is 27.6. The van der Waals surface area contributed by atoms with Crippen molar-refractivity contribution in [3.63, 3.8) is 0 Å². The Balaban J connectivity index is 3.64. The van der Waals surface area contributed by atoms with Crippen LogP contribution in [0.5, 0.6) is 0 Å². The van der Waals surface area contributed by atoms with E-state index in [0.717, 1.165) is 0 Å². The van der Waals surface area contributed by atoms with Gasteiger partial charge in [-0.1, -0.05) is 0 Å². The van der Waals surface area contributed by atoms with Crippen molar-refractivity contribution < 1.29 is 13.2 Å². The zero-order valence-electron chi connectivity index (χ0n) is 8.32. The van der Waals surface area contributed by atoms with Crippen LogP contribution in [-0.4, -0.2) is 39.2 Å². The molecule has 0 saturated carbocycles.